The van der Waals surface area contributed by atoms with Crippen LogP contribution in [-0.4, -0.2) is 16.8 Å². The number of aromatic nitrogens is 1. The predicted octanol–water partition coefficient (Wildman–Crippen LogP) is 5.74. The van der Waals surface area contributed by atoms with Crippen LogP contribution >= 0.6 is 0 Å². The van der Waals surface area contributed by atoms with Crippen molar-refractivity contribution in [3.8, 4) is 11.3 Å². The van der Waals surface area contributed by atoms with E-state index in [0.29, 0.717) is 17.7 Å². The van der Waals surface area contributed by atoms with Gasteiger partial charge in [0.25, 0.3) is 5.91 Å². The third-order valence-electron chi connectivity index (χ3n) is 5.39. The number of anilines is 1. The molecular weight excluding hydrogens is 398 g/mol. The summed E-state index contributed by atoms with van der Waals surface area (Å²) in [6, 6.07) is 26.7. The summed E-state index contributed by atoms with van der Waals surface area (Å²) in [7, 11) is 0. The molecule has 5 nitrogen and oxygen atoms in total. The normalized spacial score (nSPS) is 11.7. The fourth-order valence-electron chi connectivity index (χ4n) is 3.58. The fourth-order valence-corrected chi connectivity index (χ4v) is 3.58. The van der Waals surface area contributed by atoms with E-state index in [-0.39, 0.29) is 17.9 Å². The second kappa shape index (κ2) is 9.43. The molecule has 0 aliphatic rings. The van der Waals surface area contributed by atoms with Gasteiger partial charge in [-0.15, -0.1) is 0 Å². The van der Waals surface area contributed by atoms with Crippen LogP contribution in [0.5, 0.6) is 0 Å². The molecule has 0 saturated carbocycles. The maximum Gasteiger partial charge on any atom is 0.252 e. The highest BCUT2D eigenvalue weighted by molar-refractivity contribution is 6.07. The Hall–Kier alpha value is -3.99. The number of amides is 2. The third kappa shape index (κ3) is 4.67. The number of nitrogens with one attached hydrogen (secondary N) is 2. The number of fused-ring (bicyclic) bond motifs is 1. The number of benzene rings is 3. The van der Waals surface area contributed by atoms with Crippen LogP contribution in [0.25, 0.3) is 22.2 Å². The van der Waals surface area contributed by atoms with Gasteiger partial charge in [0.05, 0.1) is 22.8 Å². The van der Waals surface area contributed by atoms with Crippen LogP contribution in [0.2, 0.25) is 0 Å². The molecule has 2 amide bonds. The largest absolute Gasteiger partial charge is 0.345 e. The molecule has 160 valence electrons. The van der Waals surface area contributed by atoms with Crippen molar-refractivity contribution in [3.63, 3.8) is 0 Å². The Morgan fingerprint density at radius 3 is 2.31 bits per heavy atom. The quantitative estimate of drug-likeness (QED) is 0.415. The summed E-state index contributed by atoms with van der Waals surface area (Å²) in [5, 5.41) is 6.76. The molecule has 0 fully saturated rings. The van der Waals surface area contributed by atoms with Gasteiger partial charge in [0.1, 0.15) is 0 Å². The molecule has 0 radical (unpaired) electrons. The summed E-state index contributed by atoms with van der Waals surface area (Å²) in [4.78, 5) is 29.6. The van der Waals surface area contributed by atoms with Crippen molar-refractivity contribution in [2.75, 3.05) is 5.32 Å². The molecule has 5 heteroatoms. The van der Waals surface area contributed by atoms with E-state index in [1.54, 1.807) is 0 Å². The van der Waals surface area contributed by atoms with Crippen LogP contribution in [0.3, 0.4) is 0 Å². The van der Waals surface area contributed by atoms with Gasteiger partial charge in [-0.3, -0.25) is 9.59 Å². The van der Waals surface area contributed by atoms with Crippen LogP contribution in [0.4, 0.5) is 5.69 Å². The second-order valence-electron chi connectivity index (χ2n) is 7.66. The molecule has 2 N–H and O–H groups in total. The van der Waals surface area contributed by atoms with Gasteiger partial charge >= 0.3 is 0 Å². The zero-order valence-electron chi connectivity index (χ0n) is 18.1. The van der Waals surface area contributed by atoms with Crippen molar-refractivity contribution in [1.29, 1.82) is 0 Å². The van der Waals surface area contributed by atoms with Crippen LogP contribution in [0.1, 0.15) is 42.2 Å². The van der Waals surface area contributed by atoms with E-state index < -0.39 is 0 Å². The topological polar surface area (TPSA) is 71.1 Å². The molecule has 0 unspecified atom stereocenters. The first-order valence-corrected chi connectivity index (χ1v) is 10.7. The van der Waals surface area contributed by atoms with Gasteiger partial charge in [-0.2, -0.15) is 0 Å². The third-order valence-corrected chi connectivity index (χ3v) is 5.39. The number of pyridine rings is 1. The number of nitrogens with zero attached hydrogens (tertiary/aromatic N) is 1. The van der Waals surface area contributed by atoms with Crippen LogP contribution in [0, 0.1) is 0 Å². The number of rotatable bonds is 6. The molecule has 0 aliphatic carbocycles. The van der Waals surface area contributed by atoms with E-state index in [9.17, 15) is 9.59 Å². The molecule has 1 heterocycles. The minimum atomic E-state index is -0.145. The number of hydrogen-bond acceptors (Lipinski definition) is 3. The molecule has 0 saturated heterocycles. The van der Waals surface area contributed by atoms with Crippen LogP contribution in [-0.2, 0) is 4.79 Å². The summed E-state index contributed by atoms with van der Waals surface area (Å²) in [6.45, 7) is 3.79. The van der Waals surface area contributed by atoms with Crippen LogP contribution in [0.15, 0.2) is 84.9 Å². The van der Waals surface area contributed by atoms with E-state index in [4.69, 9.17) is 4.98 Å². The number of carbonyl (C=O) groups is 2. The summed E-state index contributed by atoms with van der Waals surface area (Å²) in [5.41, 5.74) is 4.69. The van der Waals surface area contributed by atoms with Gasteiger partial charge in [0.15, 0.2) is 0 Å². The highest BCUT2D eigenvalue weighted by Crippen LogP contribution is 2.26. The Morgan fingerprint density at radius 2 is 1.59 bits per heavy atom. The zero-order valence-corrected chi connectivity index (χ0v) is 18.1. The van der Waals surface area contributed by atoms with Crippen molar-refractivity contribution in [1.82, 2.24) is 10.3 Å². The standard InChI is InChI=1S/C27H25N3O2/c1-3-26(31)29-21-15-13-20(14-16-21)25-17-23(22-11-7-8-12-24(22)30-25)27(32)28-18(2)19-9-5-4-6-10-19/h4-18H,3H2,1-2H3,(H,28,32)(H,29,31)/t18-/m0/s1. The maximum absolute atomic E-state index is 13.2. The Balaban J connectivity index is 1.67. The molecule has 1 atom stereocenters. The average Bonchev–Trinajstić information content (AvgIpc) is 2.84. The van der Waals surface area contributed by atoms with Crippen molar-refractivity contribution >= 4 is 28.4 Å². The molecule has 0 bridgehead atoms. The van der Waals surface area contributed by atoms with Gasteiger partial charge in [-0.1, -0.05) is 67.6 Å². The second-order valence-corrected chi connectivity index (χ2v) is 7.66. The molecule has 32 heavy (non-hydrogen) atoms. The summed E-state index contributed by atoms with van der Waals surface area (Å²) in [6.07, 6.45) is 0.424. The smallest absolute Gasteiger partial charge is 0.252 e. The van der Waals surface area contributed by atoms with E-state index in [0.717, 1.165) is 27.7 Å². The Morgan fingerprint density at radius 1 is 0.906 bits per heavy atom. The van der Waals surface area contributed by atoms with Crippen molar-refractivity contribution < 1.29 is 9.59 Å². The van der Waals surface area contributed by atoms with E-state index in [1.807, 2.05) is 98.8 Å². The molecule has 1 aromatic heterocycles. The van der Waals surface area contributed by atoms with Gasteiger partial charge < -0.3 is 10.6 Å². The predicted molar refractivity (Wildman–Crippen MR) is 128 cm³/mol. The average molecular weight is 424 g/mol. The lowest BCUT2D eigenvalue weighted by Gasteiger charge is -2.16. The van der Waals surface area contributed by atoms with E-state index in [2.05, 4.69) is 10.6 Å². The minimum absolute atomic E-state index is 0.0342. The highest BCUT2D eigenvalue weighted by Gasteiger charge is 2.16. The summed E-state index contributed by atoms with van der Waals surface area (Å²) >= 11 is 0. The minimum Gasteiger partial charge on any atom is -0.345 e. The number of hydrogen-bond donors (Lipinski definition) is 2. The maximum atomic E-state index is 13.2. The summed E-state index contributed by atoms with van der Waals surface area (Å²) in [5.74, 6) is -0.180. The van der Waals surface area contributed by atoms with Gasteiger partial charge in [-0.25, -0.2) is 4.98 Å². The lowest BCUT2D eigenvalue weighted by atomic mass is 10.0. The Bertz CT molecular complexity index is 1250. The summed E-state index contributed by atoms with van der Waals surface area (Å²) < 4.78 is 0. The molecule has 4 rings (SSSR count). The first-order valence-electron chi connectivity index (χ1n) is 10.7. The zero-order chi connectivity index (χ0) is 22.5. The molecule has 0 aliphatic heterocycles. The SMILES string of the molecule is CCC(=O)Nc1ccc(-c2cc(C(=O)N[C@@H](C)c3ccccc3)c3ccccc3n2)cc1. The molecule has 3 aromatic carbocycles. The van der Waals surface area contributed by atoms with Crippen molar-refractivity contribution in [2.45, 2.75) is 26.3 Å². The van der Waals surface area contributed by atoms with Crippen molar-refractivity contribution in [2.24, 2.45) is 0 Å². The van der Waals surface area contributed by atoms with Gasteiger partial charge in [0, 0.05) is 23.1 Å². The van der Waals surface area contributed by atoms with Gasteiger partial charge in [0.2, 0.25) is 5.91 Å². The van der Waals surface area contributed by atoms with E-state index in [1.165, 1.54) is 0 Å². The van der Waals surface area contributed by atoms with E-state index >= 15 is 0 Å². The molecule has 4 aromatic rings. The lowest BCUT2D eigenvalue weighted by Crippen LogP contribution is -2.27. The van der Waals surface area contributed by atoms with Gasteiger partial charge in [-0.05, 0) is 36.8 Å². The first kappa shape index (κ1) is 21.2. The molecular formula is C27H25N3O2. The Labute approximate surface area is 187 Å². The lowest BCUT2D eigenvalue weighted by molar-refractivity contribution is -0.115. The highest BCUT2D eigenvalue weighted by atomic mass is 16.2. The molecule has 0 spiro atoms. The van der Waals surface area contributed by atoms with Crippen molar-refractivity contribution in [3.05, 3.63) is 96.1 Å². The number of carbonyl (C=O) groups excluding carboxylic acids is 2. The van der Waals surface area contributed by atoms with Crippen LogP contribution < -0.4 is 10.6 Å². The fraction of sp³-hybridized carbons (Fsp3) is 0.148. The number of para-hydroxylation sites is 1. The first-order chi connectivity index (χ1) is 15.5. The Kier molecular flexibility index (Phi) is 6.26. The monoisotopic (exact) mass is 423 g/mol.